The van der Waals surface area contributed by atoms with Crippen molar-refractivity contribution in [1.29, 1.82) is 0 Å². The van der Waals surface area contributed by atoms with Crippen molar-refractivity contribution in [3.63, 3.8) is 0 Å². The maximum absolute atomic E-state index is 14.2. The number of thiazole rings is 1. The fourth-order valence-corrected chi connectivity index (χ4v) is 4.09. The molecule has 0 aliphatic rings. The van der Waals surface area contributed by atoms with Gasteiger partial charge in [0, 0.05) is 11.4 Å². The van der Waals surface area contributed by atoms with Crippen molar-refractivity contribution in [3.8, 4) is 5.75 Å². The van der Waals surface area contributed by atoms with Gasteiger partial charge in [0.15, 0.2) is 0 Å². The van der Waals surface area contributed by atoms with Gasteiger partial charge < -0.3 is 9.64 Å². The third kappa shape index (κ3) is 5.50. The summed E-state index contributed by atoms with van der Waals surface area (Å²) in [5.41, 5.74) is 4.36. The van der Waals surface area contributed by atoms with Gasteiger partial charge in [0.05, 0.1) is 17.8 Å². The summed E-state index contributed by atoms with van der Waals surface area (Å²) in [6.45, 7) is 10.9. The Balaban J connectivity index is 1.73. The molecule has 0 fully saturated rings. The van der Waals surface area contributed by atoms with Gasteiger partial charge in [0.2, 0.25) is 0 Å². The number of aryl methyl sites for hydroxylation is 2. The molecule has 0 radical (unpaired) electrons. The van der Waals surface area contributed by atoms with Gasteiger partial charge in [0.25, 0.3) is 5.91 Å². The van der Waals surface area contributed by atoms with E-state index in [0.29, 0.717) is 13.2 Å². The predicted octanol–water partition coefficient (Wildman–Crippen LogP) is 6.23. The van der Waals surface area contributed by atoms with Gasteiger partial charge in [-0.25, -0.2) is 9.37 Å². The van der Waals surface area contributed by atoms with Crippen molar-refractivity contribution in [1.82, 2.24) is 9.88 Å². The Morgan fingerprint density at radius 2 is 1.97 bits per heavy atom. The summed E-state index contributed by atoms with van der Waals surface area (Å²) in [6, 6.07) is 10.2. The molecule has 0 bridgehead atoms. The van der Waals surface area contributed by atoms with Crippen LogP contribution in [0.1, 0.15) is 58.0 Å². The van der Waals surface area contributed by atoms with Crippen LogP contribution in [0.25, 0.3) is 0 Å². The first-order valence-corrected chi connectivity index (χ1v) is 11.4. The number of amides is 1. The van der Waals surface area contributed by atoms with Crippen molar-refractivity contribution in [2.24, 2.45) is 0 Å². The lowest BCUT2D eigenvalue weighted by atomic mass is 10.1. The smallest absolute Gasteiger partial charge is 0.257 e. The average Bonchev–Trinajstić information content (AvgIpc) is 3.20. The van der Waals surface area contributed by atoms with Crippen LogP contribution in [0, 0.1) is 26.6 Å². The second kappa shape index (κ2) is 10.1. The summed E-state index contributed by atoms with van der Waals surface area (Å²) < 4.78 is 20.2. The fourth-order valence-electron chi connectivity index (χ4n) is 3.39. The zero-order valence-electron chi connectivity index (χ0n) is 18.7. The average molecular weight is 441 g/mol. The monoisotopic (exact) mass is 440 g/mol. The van der Waals surface area contributed by atoms with Gasteiger partial charge in [-0.2, -0.15) is 0 Å². The molecule has 1 unspecified atom stereocenters. The highest BCUT2D eigenvalue weighted by Gasteiger charge is 2.24. The van der Waals surface area contributed by atoms with Gasteiger partial charge >= 0.3 is 0 Å². The number of ether oxygens (including phenoxy) is 1. The molecule has 3 rings (SSSR count). The minimum atomic E-state index is -0.503. The summed E-state index contributed by atoms with van der Waals surface area (Å²) in [5, 5.41) is 2.79. The molecule has 0 aliphatic heterocycles. The highest BCUT2D eigenvalue weighted by Crippen LogP contribution is 2.25. The zero-order chi connectivity index (χ0) is 22.5. The maximum Gasteiger partial charge on any atom is 0.257 e. The van der Waals surface area contributed by atoms with Gasteiger partial charge in [-0.1, -0.05) is 25.1 Å². The third-order valence-electron chi connectivity index (χ3n) is 5.53. The van der Waals surface area contributed by atoms with Gasteiger partial charge in [-0.05, 0) is 69.0 Å². The minimum Gasteiger partial charge on any atom is -0.486 e. The lowest BCUT2D eigenvalue weighted by molar-refractivity contribution is 0.0664. The molecule has 31 heavy (non-hydrogen) atoms. The fraction of sp³-hybridized carbons (Fsp3) is 0.360. The van der Waals surface area contributed by atoms with E-state index in [1.165, 1.54) is 29.0 Å². The van der Waals surface area contributed by atoms with Gasteiger partial charge in [-0.15, -0.1) is 11.3 Å². The number of hydrogen-bond acceptors (Lipinski definition) is 4. The first-order valence-electron chi connectivity index (χ1n) is 10.5. The highest BCUT2D eigenvalue weighted by atomic mass is 32.1. The van der Waals surface area contributed by atoms with Crippen molar-refractivity contribution < 1.29 is 13.9 Å². The van der Waals surface area contributed by atoms with E-state index >= 15 is 0 Å². The Morgan fingerprint density at radius 1 is 1.23 bits per heavy atom. The number of aromatic nitrogens is 1. The molecule has 0 saturated carbocycles. The van der Waals surface area contributed by atoms with E-state index in [1.54, 1.807) is 17.0 Å². The molecular formula is C25H29FN2O2S. The molecule has 2 aromatic carbocycles. The van der Waals surface area contributed by atoms with Crippen LogP contribution in [0.2, 0.25) is 0 Å². The molecule has 1 heterocycles. The van der Waals surface area contributed by atoms with Crippen LogP contribution in [-0.4, -0.2) is 21.8 Å². The Hall–Kier alpha value is -2.73. The molecule has 0 aliphatic carbocycles. The normalized spacial score (nSPS) is 11.9. The van der Waals surface area contributed by atoms with E-state index in [4.69, 9.17) is 4.74 Å². The Labute approximate surface area is 187 Å². The molecule has 4 nitrogen and oxygen atoms in total. The van der Waals surface area contributed by atoms with Crippen LogP contribution < -0.4 is 4.74 Å². The van der Waals surface area contributed by atoms with Crippen molar-refractivity contribution in [2.75, 3.05) is 0 Å². The first kappa shape index (κ1) is 22.9. The summed E-state index contributed by atoms with van der Waals surface area (Å²) in [4.78, 5) is 19.4. The lowest BCUT2D eigenvalue weighted by Gasteiger charge is -2.28. The summed E-state index contributed by atoms with van der Waals surface area (Å²) >= 11 is 1.51. The Bertz CT molecular complexity index is 1060. The molecule has 1 atom stereocenters. The van der Waals surface area contributed by atoms with Crippen LogP contribution in [0.3, 0.4) is 0 Å². The van der Waals surface area contributed by atoms with Crippen LogP contribution in [0.5, 0.6) is 5.75 Å². The van der Waals surface area contributed by atoms with Gasteiger partial charge in [0.1, 0.15) is 23.2 Å². The maximum atomic E-state index is 14.2. The quantitative estimate of drug-likeness (QED) is 0.417. The molecular weight excluding hydrogens is 411 g/mol. The molecule has 0 saturated heterocycles. The van der Waals surface area contributed by atoms with Crippen LogP contribution >= 0.6 is 11.3 Å². The van der Waals surface area contributed by atoms with E-state index in [1.807, 2.05) is 25.3 Å². The largest absolute Gasteiger partial charge is 0.486 e. The molecule has 1 aromatic heterocycles. The second-order valence-corrected chi connectivity index (χ2v) is 8.84. The molecule has 3 aromatic rings. The topological polar surface area (TPSA) is 42.4 Å². The molecule has 1 amide bonds. The van der Waals surface area contributed by atoms with Crippen molar-refractivity contribution >= 4 is 17.2 Å². The predicted molar refractivity (Wildman–Crippen MR) is 123 cm³/mol. The summed E-state index contributed by atoms with van der Waals surface area (Å²) in [5.74, 6) is 0.0475. The highest BCUT2D eigenvalue weighted by molar-refractivity contribution is 7.09. The van der Waals surface area contributed by atoms with Gasteiger partial charge in [-0.3, -0.25) is 4.79 Å². The standard InChI is InChI=1S/C25H29FN2O2S/c1-6-18(4)28(25(29)21-9-7-8-10-22(21)26)13-20-15-31-24(27-20)14-30-23-12-16(2)11-17(3)19(23)5/h7-12,15,18H,6,13-14H2,1-5H3. The van der Waals surface area contributed by atoms with Crippen LogP contribution in [0.4, 0.5) is 4.39 Å². The van der Waals surface area contributed by atoms with E-state index in [-0.39, 0.29) is 17.5 Å². The first-order chi connectivity index (χ1) is 14.8. The molecule has 0 spiro atoms. The zero-order valence-corrected chi connectivity index (χ0v) is 19.6. The summed E-state index contributed by atoms with van der Waals surface area (Å²) in [6.07, 6.45) is 0.770. The minimum absolute atomic E-state index is 0.0357. The number of halogens is 1. The SMILES string of the molecule is CCC(C)N(Cc1csc(COc2cc(C)cc(C)c2C)n1)C(=O)c1ccccc1F. The summed E-state index contributed by atoms with van der Waals surface area (Å²) in [7, 11) is 0. The van der Waals surface area contributed by atoms with Crippen molar-refractivity contribution in [2.45, 2.75) is 60.2 Å². The lowest BCUT2D eigenvalue weighted by Crippen LogP contribution is -2.38. The molecule has 0 N–H and O–H groups in total. The number of nitrogens with zero attached hydrogens (tertiary/aromatic N) is 2. The molecule has 6 heteroatoms. The van der Waals surface area contributed by atoms with Crippen molar-refractivity contribution in [3.05, 3.63) is 80.6 Å². The number of rotatable bonds is 8. The Kier molecular flexibility index (Phi) is 7.44. The molecule has 164 valence electrons. The Morgan fingerprint density at radius 3 is 2.68 bits per heavy atom. The van der Waals surface area contributed by atoms with E-state index in [9.17, 15) is 9.18 Å². The van der Waals surface area contributed by atoms with E-state index in [0.717, 1.165) is 34.0 Å². The van der Waals surface area contributed by atoms with E-state index < -0.39 is 5.82 Å². The van der Waals surface area contributed by atoms with Crippen LogP contribution in [-0.2, 0) is 13.2 Å². The third-order valence-corrected chi connectivity index (χ3v) is 6.41. The van der Waals surface area contributed by atoms with E-state index in [2.05, 4.69) is 31.8 Å². The van der Waals surface area contributed by atoms with Crippen LogP contribution in [0.15, 0.2) is 41.8 Å². The number of carbonyl (C=O) groups excluding carboxylic acids is 1. The second-order valence-electron chi connectivity index (χ2n) is 7.90. The number of benzene rings is 2. The number of carbonyl (C=O) groups is 1. The number of hydrogen-bond donors (Lipinski definition) is 0.